The third kappa shape index (κ3) is 19.2. The fourth-order valence-corrected chi connectivity index (χ4v) is 19.1. The van der Waals surface area contributed by atoms with Gasteiger partial charge in [-0.15, -0.1) is 34.0 Å². The zero-order valence-corrected chi connectivity index (χ0v) is 66.7. The summed E-state index contributed by atoms with van der Waals surface area (Å²) in [5.74, 6) is -4.57. The number of hydrogen-bond donors (Lipinski definition) is 8. The minimum absolute atomic E-state index is 0.241. The first-order valence-corrected chi connectivity index (χ1v) is 47.1. The van der Waals surface area contributed by atoms with Crippen LogP contribution in [0.25, 0.3) is 31.3 Å². The lowest BCUT2D eigenvalue weighted by molar-refractivity contribution is -0.366. The SMILES string of the molecule is CC[C@H]1OC(O)(c2ccc(C)c(C(O)c3ccc(-c4ccc(F)cc4)s3)c2)[C@H](O[Si](C)(C)C)[C@@H](O[Si](C)(C)C)[C@@H]1O[Si](C)(C)C.COC1(c2ccc(C)c(C(O)c3ccc(-c4ccc(F)cc4)s3)c2)O[C@H](CO)[C@@H](O)[C@H](O)[C@H]1O.Cc1ccc(I)cc1C(O)c1ccc(-c2ccc(F)cc2)s1. The Morgan fingerprint density at radius 1 is 0.485 bits per heavy atom. The van der Waals surface area contributed by atoms with E-state index in [-0.39, 0.29) is 17.5 Å². The second-order valence-corrected chi connectivity index (χ2v) is 46.4. The molecule has 542 valence electrons. The molecule has 2 aliphatic rings. The van der Waals surface area contributed by atoms with Crippen molar-refractivity contribution >= 4 is 81.6 Å². The van der Waals surface area contributed by atoms with E-state index in [1.165, 1.54) is 77.5 Å². The average molecular weight is 1610 g/mol. The van der Waals surface area contributed by atoms with Crippen LogP contribution in [0.3, 0.4) is 0 Å². The first-order chi connectivity index (χ1) is 47.5. The van der Waals surface area contributed by atoms with Gasteiger partial charge in [-0.25, -0.2) is 13.2 Å². The summed E-state index contributed by atoms with van der Waals surface area (Å²) in [7, 11) is -5.17. The lowest BCUT2D eigenvalue weighted by Gasteiger charge is -2.54. The quantitative estimate of drug-likeness (QED) is 0.0263. The summed E-state index contributed by atoms with van der Waals surface area (Å²) in [4.78, 5) is 5.11. The third-order valence-corrected chi connectivity index (χ3v) is 24.5. The van der Waals surface area contributed by atoms with E-state index in [2.05, 4.69) is 81.5 Å². The van der Waals surface area contributed by atoms with Crippen LogP contribution in [-0.4, -0.2) is 128 Å². The second kappa shape index (κ2) is 33.2. The lowest BCUT2D eigenvalue weighted by atomic mass is 9.85. The van der Waals surface area contributed by atoms with Gasteiger partial charge in [-0.1, -0.05) is 73.7 Å². The van der Waals surface area contributed by atoms with Crippen LogP contribution in [0.1, 0.15) is 90.8 Å². The normalized spacial score (nSPS) is 23.5. The summed E-state index contributed by atoms with van der Waals surface area (Å²) in [6, 6.07) is 46.9. The van der Waals surface area contributed by atoms with Gasteiger partial charge in [0.1, 0.15) is 72.4 Å². The minimum atomic E-state index is -2.26. The number of rotatable bonds is 20. The molecule has 0 saturated carbocycles. The van der Waals surface area contributed by atoms with Crippen molar-refractivity contribution in [2.24, 2.45) is 0 Å². The molecule has 5 unspecified atom stereocenters. The van der Waals surface area contributed by atoms with Gasteiger partial charge in [0.25, 0.3) is 0 Å². The Balaban J connectivity index is 0.000000187. The highest BCUT2D eigenvalue weighted by Crippen LogP contribution is 2.47. The maximum absolute atomic E-state index is 13.5. The van der Waals surface area contributed by atoms with E-state index in [0.717, 1.165) is 66.9 Å². The Hall–Kier alpha value is -4.97. The van der Waals surface area contributed by atoms with Gasteiger partial charge in [0, 0.05) is 51.1 Å². The molecule has 5 heterocycles. The minimum Gasteiger partial charge on any atom is -0.409 e. The molecule has 2 aliphatic heterocycles. The van der Waals surface area contributed by atoms with Crippen LogP contribution in [0.5, 0.6) is 0 Å². The zero-order chi connectivity index (χ0) is 73.8. The summed E-state index contributed by atoms with van der Waals surface area (Å²) in [6.07, 6.45) is -10.2. The third-order valence-electron chi connectivity index (χ3n) is 17.4. The Morgan fingerprint density at radius 3 is 1.25 bits per heavy atom. The smallest absolute Gasteiger partial charge is 0.224 e. The van der Waals surface area contributed by atoms with E-state index in [1.54, 1.807) is 60.7 Å². The number of thiophene rings is 3. The van der Waals surface area contributed by atoms with Crippen molar-refractivity contribution in [3.63, 3.8) is 0 Å². The fraction of sp³-hybridized carbons (Fsp3) is 0.377. The second-order valence-electron chi connectivity index (χ2n) is 28.4. The highest BCUT2D eigenvalue weighted by Gasteiger charge is 2.59. The van der Waals surface area contributed by atoms with Crippen LogP contribution in [0.15, 0.2) is 164 Å². The summed E-state index contributed by atoms with van der Waals surface area (Å²) in [5.41, 5.74) is 8.34. The molecular formula is C77H92F3IO14S3Si3. The Labute approximate surface area is 619 Å². The molecule has 0 bridgehead atoms. The molecule has 0 radical (unpaired) electrons. The van der Waals surface area contributed by atoms with Gasteiger partial charge in [0.2, 0.25) is 11.6 Å². The standard InChI is InChI=1S/C34H51FO6SSi3.C25H27FO7S.C18H14FIOS/c1-12-27-31(39-43(3,4)5)32(40-44(6,7)8)33(41-45(9,10)11)34(37,38-27)24-16-13-22(2)26(21-24)30(36)29-20-19-28(42-29)23-14-17-25(35)18-15-23;1-13-3-6-15(25(32-2)24(31)23(30)22(29)18(12-27)33-25)11-17(13)21(28)20-10-9-19(34-20)14-4-7-16(26)8-5-14;1-11-2-7-14(20)10-15(11)18(21)17-9-8-16(22-17)12-3-5-13(19)6-4-12/h13-21,27,30-33,36-37H,12H2,1-11H3;3-11,18,21-24,27-31H,12H2,1-2H3;2-10,18,21H,1H3/t27-,30?,31-,32+,33-,34?;18-,21?,22-,23+,24-,25?;/m11./s1. The van der Waals surface area contributed by atoms with Crippen LogP contribution in [0.2, 0.25) is 58.9 Å². The number of aliphatic hydroxyl groups is 8. The van der Waals surface area contributed by atoms with Crippen LogP contribution in [0.4, 0.5) is 13.2 Å². The Morgan fingerprint density at radius 2 is 0.861 bits per heavy atom. The highest BCUT2D eigenvalue weighted by atomic mass is 127. The predicted octanol–water partition coefficient (Wildman–Crippen LogP) is 16.3. The van der Waals surface area contributed by atoms with Crippen LogP contribution >= 0.6 is 56.6 Å². The predicted molar refractivity (Wildman–Crippen MR) is 410 cm³/mol. The summed E-state index contributed by atoms with van der Waals surface area (Å²) < 4.78 is 79.3. The monoisotopic (exact) mass is 1600 g/mol. The molecule has 0 aliphatic carbocycles. The van der Waals surface area contributed by atoms with Crippen molar-refractivity contribution in [1.29, 1.82) is 0 Å². The van der Waals surface area contributed by atoms with E-state index in [9.17, 15) is 54.0 Å². The van der Waals surface area contributed by atoms with E-state index in [0.29, 0.717) is 33.6 Å². The van der Waals surface area contributed by atoms with Gasteiger partial charge < -0.3 is 68.3 Å². The summed E-state index contributed by atoms with van der Waals surface area (Å²) >= 11 is 6.60. The highest BCUT2D eigenvalue weighted by molar-refractivity contribution is 14.1. The molecule has 0 spiro atoms. The molecule has 9 aromatic rings. The van der Waals surface area contributed by atoms with E-state index < -0.39 is 110 Å². The van der Waals surface area contributed by atoms with Crippen LogP contribution < -0.4 is 0 Å². The van der Waals surface area contributed by atoms with Gasteiger partial charge in [-0.05, 0) is 256 Å². The summed E-state index contributed by atoms with van der Waals surface area (Å²) in [5, 5.41) is 87.1. The van der Waals surface area contributed by atoms with Crippen molar-refractivity contribution < 1.29 is 81.5 Å². The summed E-state index contributed by atoms with van der Waals surface area (Å²) in [6.45, 7) is 26.4. The first kappa shape index (κ1) is 80.1. The zero-order valence-electron chi connectivity index (χ0n) is 59.1. The van der Waals surface area contributed by atoms with Crippen LogP contribution in [-0.2, 0) is 39.1 Å². The van der Waals surface area contributed by atoms with Crippen molar-refractivity contribution in [2.45, 2.75) is 172 Å². The number of aryl methyl sites for hydroxylation is 3. The number of hydrogen-bond acceptors (Lipinski definition) is 17. The van der Waals surface area contributed by atoms with E-state index >= 15 is 0 Å². The van der Waals surface area contributed by atoms with E-state index in [1.807, 2.05) is 94.4 Å². The molecule has 3 aromatic heterocycles. The van der Waals surface area contributed by atoms with Gasteiger partial charge in [-0.3, -0.25) is 0 Å². The molecule has 14 nitrogen and oxygen atoms in total. The fourth-order valence-electron chi connectivity index (χ4n) is 12.3. The van der Waals surface area contributed by atoms with E-state index in [4.69, 9.17) is 27.5 Å². The molecule has 24 heteroatoms. The lowest BCUT2D eigenvalue weighted by Crippen LogP contribution is -2.68. The van der Waals surface area contributed by atoms with Gasteiger partial charge in [-0.2, -0.15) is 0 Å². The molecule has 101 heavy (non-hydrogen) atoms. The molecular weight excluding hydrogens is 1510 g/mol. The molecule has 8 N–H and O–H groups in total. The molecule has 11 rings (SSSR count). The van der Waals surface area contributed by atoms with Crippen LogP contribution in [0, 0.1) is 41.8 Å². The maximum Gasteiger partial charge on any atom is 0.224 e. The molecule has 0 amide bonds. The molecule has 13 atom stereocenters. The molecule has 2 saturated heterocycles. The maximum atomic E-state index is 13.5. The largest absolute Gasteiger partial charge is 0.409 e. The number of halogens is 4. The first-order valence-electron chi connectivity index (χ1n) is 33.4. The average Bonchev–Trinajstić information content (AvgIpc) is 0.978. The molecule has 6 aromatic carbocycles. The Bertz CT molecular complexity index is 4220. The van der Waals surface area contributed by atoms with Crippen molar-refractivity contribution in [3.8, 4) is 31.3 Å². The van der Waals surface area contributed by atoms with Crippen molar-refractivity contribution in [1.82, 2.24) is 0 Å². The van der Waals surface area contributed by atoms with Gasteiger partial charge in [0.15, 0.2) is 25.0 Å². The Kier molecular flexibility index (Phi) is 26.4. The number of benzene rings is 6. The van der Waals surface area contributed by atoms with Gasteiger partial charge in [0.05, 0.1) is 18.8 Å². The van der Waals surface area contributed by atoms with Crippen molar-refractivity contribution in [3.05, 3.63) is 244 Å². The van der Waals surface area contributed by atoms with Gasteiger partial charge >= 0.3 is 0 Å². The number of methoxy groups -OCH3 is 1. The number of aliphatic hydroxyl groups excluding tert-OH is 7. The number of ether oxygens (including phenoxy) is 3. The molecule has 2 fully saturated rings. The van der Waals surface area contributed by atoms with Crippen molar-refractivity contribution in [2.75, 3.05) is 13.7 Å². The topological polar surface area (TPSA) is 217 Å².